The van der Waals surface area contributed by atoms with Crippen LogP contribution in [0.1, 0.15) is 19.8 Å². The smallest absolute Gasteiger partial charge is 0.268 e. The molecule has 118 valence electrons. The van der Waals surface area contributed by atoms with Crippen LogP contribution < -0.4 is 20.3 Å². The predicted molar refractivity (Wildman–Crippen MR) is 82.9 cm³/mol. The highest BCUT2D eigenvalue weighted by Crippen LogP contribution is 2.33. The fraction of sp³-hybridized carbons (Fsp3) is 0.500. The monoisotopic (exact) mass is 303 g/mol. The molecular weight excluding hydrogens is 282 g/mol. The summed E-state index contributed by atoms with van der Waals surface area (Å²) in [5.74, 6) is 0.323. The summed E-state index contributed by atoms with van der Waals surface area (Å²) in [6.07, 6.45) is 1.46. The summed E-state index contributed by atoms with van der Waals surface area (Å²) in [4.78, 5) is 26.1. The first kappa shape index (κ1) is 14.8. The zero-order valence-electron chi connectivity index (χ0n) is 12.7. The third kappa shape index (κ3) is 3.06. The van der Waals surface area contributed by atoms with Gasteiger partial charge in [0.15, 0.2) is 6.10 Å². The molecule has 0 aromatic heterocycles. The zero-order chi connectivity index (χ0) is 15.5. The van der Waals surface area contributed by atoms with Crippen molar-refractivity contribution in [1.82, 2.24) is 10.6 Å². The largest absolute Gasteiger partial charge is 0.479 e. The van der Waals surface area contributed by atoms with Crippen molar-refractivity contribution in [3.8, 4) is 5.75 Å². The van der Waals surface area contributed by atoms with E-state index in [-0.39, 0.29) is 24.4 Å². The lowest BCUT2D eigenvalue weighted by atomic mass is 10.1. The van der Waals surface area contributed by atoms with Gasteiger partial charge in [0.25, 0.3) is 5.91 Å². The summed E-state index contributed by atoms with van der Waals surface area (Å²) >= 11 is 0. The molecule has 0 radical (unpaired) electrons. The maximum atomic E-state index is 12.3. The van der Waals surface area contributed by atoms with Crippen LogP contribution in [0.15, 0.2) is 24.3 Å². The molecule has 1 unspecified atom stereocenters. The number of anilines is 1. The van der Waals surface area contributed by atoms with Gasteiger partial charge in [-0.25, -0.2) is 0 Å². The third-order valence-electron chi connectivity index (χ3n) is 4.04. The van der Waals surface area contributed by atoms with Crippen LogP contribution in [-0.2, 0) is 9.59 Å². The summed E-state index contributed by atoms with van der Waals surface area (Å²) in [6.45, 7) is 3.52. The minimum absolute atomic E-state index is 0.0278. The van der Waals surface area contributed by atoms with E-state index in [1.165, 1.54) is 4.90 Å². The molecule has 1 saturated heterocycles. The number of piperidine rings is 1. The normalized spacial score (nSPS) is 24.4. The van der Waals surface area contributed by atoms with E-state index >= 15 is 0 Å². The molecule has 0 spiro atoms. The Bertz CT molecular complexity index is 570. The lowest BCUT2D eigenvalue weighted by Crippen LogP contribution is -2.52. The summed E-state index contributed by atoms with van der Waals surface area (Å²) in [7, 11) is 0. The van der Waals surface area contributed by atoms with Crippen LogP contribution >= 0.6 is 0 Å². The molecule has 1 aromatic rings. The zero-order valence-corrected chi connectivity index (χ0v) is 12.7. The standard InChI is InChI=1S/C16H21N3O3/c1-11-16(21)19(13-6-2-3-7-14(13)22-11)10-15(20)18-12-5-4-8-17-9-12/h2-3,6-7,11-12,17H,4-5,8-10H2,1H3,(H,18,20)/t11?,12-/m0/s1. The first-order valence-electron chi connectivity index (χ1n) is 7.72. The van der Waals surface area contributed by atoms with Crippen LogP contribution in [0.4, 0.5) is 5.69 Å². The number of fused-ring (bicyclic) bond motifs is 1. The number of para-hydroxylation sites is 2. The molecule has 0 bridgehead atoms. The quantitative estimate of drug-likeness (QED) is 0.861. The predicted octanol–water partition coefficient (Wildman–Crippen LogP) is 0.669. The second-order valence-electron chi connectivity index (χ2n) is 5.76. The van der Waals surface area contributed by atoms with Crippen molar-refractivity contribution < 1.29 is 14.3 Å². The van der Waals surface area contributed by atoms with E-state index < -0.39 is 6.10 Å². The Hall–Kier alpha value is -2.08. The van der Waals surface area contributed by atoms with Crippen LogP contribution in [0, 0.1) is 0 Å². The third-order valence-corrected chi connectivity index (χ3v) is 4.04. The Morgan fingerprint density at radius 1 is 1.45 bits per heavy atom. The summed E-state index contributed by atoms with van der Waals surface area (Å²) in [6, 6.07) is 7.45. The van der Waals surface area contributed by atoms with Crippen molar-refractivity contribution in [1.29, 1.82) is 0 Å². The van der Waals surface area contributed by atoms with Crippen molar-refractivity contribution in [3.63, 3.8) is 0 Å². The lowest BCUT2D eigenvalue weighted by molar-refractivity contribution is -0.128. The minimum atomic E-state index is -0.570. The fourth-order valence-corrected chi connectivity index (χ4v) is 2.91. The number of nitrogens with zero attached hydrogens (tertiary/aromatic N) is 1. The van der Waals surface area contributed by atoms with Gasteiger partial charge in [0.05, 0.1) is 5.69 Å². The number of rotatable bonds is 3. The SMILES string of the molecule is CC1Oc2ccccc2N(CC(=O)N[C@H]2CCCNC2)C1=O. The summed E-state index contributed by atoms with van der Waals surface area (Å²) in [5, 5.41) is 6.26. The van der Waals surface area contributed by atoms with Crippen LogP contribution in [0.2, 0.25) is 0 Å². The molecule has 0 saturated carbocycles. The number of hydrogen-bond donors (Lipinski definition) is 2. The second-order valence-corrected chi connectivity index (χ2v) is 5.76. The average molecular weight is 303 g/mol. The number of hydrogen-bond acceptors (Lipinski definition) is 4. The van der Waals surface area contributed by atoms with Gasteiger partial charge < -0.3 is 15.4 Å². The Labute approximate surface area is 129 Å². The summed E-state index contributed by atoms with van der Waals surface area (Å²) in [5.41, 5.74) is 0.655. The highest BCUT2D eigenvalue weighted by Gasteiger charge is 2.32. The van der Waals surface area contributed by atoms with Gasteiger partial charge in [-0.1, -0.05) is 12.1 Å². The second kappa shape index (κ2) is 6.36. The van der Waals surface area contributed by atoms with E-state index in [9.17, 15) is 9.59 Å². The average Bonchev–Trinajstić information content (AvgIpc) is 2.53. The molecule has 6 heteroatoms. The van der Waals surface area contributed by atoms with Crippen molar-refractivity contribution in [2.75, 3.05) is 24.5 Å². The first-order valence-corrected chi connectivity index (χ1v) is 7.72. The topological polar surface area (TPSA) is 70.7 Å². The molecule has 2 heterocycles. The van der Waals surface area contributed by atoms with Gasteiger partial charge in [-0.2, -0.15) is 0 Å². The van der Waals surface area contributed by atoms with E-state index in [0.29, 0.717) is 11.4 Å². The molecule has 2 amide bonds. The summed E-state index contributed by atoms with van der Waals surface area (Å²) < 4.78 is 5.57. The van der Waals surface area contributed by atoms with Gasteiger partial charge in [-0.15, -0.1) is 0 Å². The molecule has 1 aromatic carbocycles. The highest BCUT2D eigenvalue weighted by molar-refractivity contribution is 6.03. The van der Waals surface area contributed by atoms with E-state index in [4.69, 9.17) is 4.74 Å². The molecule has 2 aliphatic rings. The van der Waals surface area contributed by atoms with Crippen LogP contribution in [0.5, 0.6) is 5.75 Å². The molecule has 22 heavy (non-hydrogen) atoms. The molecule has 2 N–H and O–H groups in total. The molecule has 6 nitrogen and oxygen atoms in total. The number of carbonyl (C=O) groups is 2. The molecule has 3 rings (SSSR count). The van der Waals surface area contributed by atoms with Crippen molar-refractivity contribution in [3.05, 3.63) is 24.3 Å². The molecule has 1 fully saturated rings. The Kier molecular flexibility index (Phi) is 4.29. The maximum Gasteiger partial charge on any atom is 0.268 e. The van der Waals surface area contributed by atoms with Crippen LogP contribution in [0.25, 0.3) is 0 Å². The molecule has 0 aliphatic carbocycles. The van der Waals surface area contributed by atoms with E-state index in [1.807, 2.05) is 18.2 Å². The Morgan fingerprint density at radius 3 is 3.05 bits per heavy atom. The first-order chi connectivity index (χ1) is 10.6. The number of benzene rings is 1. The van der Waals surface area contributed by atoms with Crippen LogP contribution in [-0.4, -0.2) is 43.6 Å². The fourth-order valence-electron chi connectivity index (χ4n) is 2.91. The maximum absolute atomic E-state index is 12.3. The van der Waals surface area contributed by atoms with Gasteiger partial charge >= 0.3 is 0 Å². The van der Waals surface area contributed by atoms with Crippen molar-refractivity contribution >= 4 is 17.5 Å². The van der Waals surface area contributed by atoms with Crippen molar-refractivity contribution in [2.45, 2.75) is 31.9 Å². The number of ether oxygens (including phenoxy) is 1. The molecule has 2 atom stereocenters. The van der Waals surface area contributed by atoms with Gasteiger partial charge in [-0.05, 0) is 38.4 Å². The molecular formula is C16H21N3O3. The van der Waals surface area contributed by atoms with E-state index in [0.717, 1.165) is 25.9 Å². The minimum Gasteiger partial charge on any atom is -0.479 e. The number of nitrogens with one attached hydrogen (secondary N) is 2. The lowest BCUT2D eigenvalue weighted by Gasteiger charge is -2.33. The van der Waals surface area contributed by atoms with E-state index in [2.05, 4.69) is 10.6 Å². The Balaban J connectivity index is 1.70. The van der Waals surface area contributed by atoms with Gasteiger partial charge in [0, 0.05) is 12.6 Å². The van der Waals surface area contributed by atoms with Crippen LogP contribution in [0.3, 0.4) is 0 Å². The highest BCUT2D eigenvalue weighted by atomic mass is 16.5. The number of amides is 2. The van der Waals surface area contributed by atoms with Gasteiger partial charge in [-0.3, -0.25) is 14.5 Å². The Morgan fingerprint density at radius 2 is 2.27 bits per heavy atom. The number of carbonyl (C=O) groups excluding carboxylic acids is 2. The molecule has 2 aliphatic heterocycles. The van der Waals surface area contributed by atoms with Gasteiger partial charge in [0.2, 0.25) is 5.91 Å². The van der Waals surface area contributed by atoms with Crippen molar-refractivity contribution in [2.24, 2.45) is 0 Å². The van der Waals surface area contributed by atoms with Gasteiger partial charge in [0.1, 0.15) is 12.3 Å². The van der Waals surface area contributed by atoms with E-state index in [1.54, 1.807) is 13.0 Å².